The quantitative estimate of drug-likeness (QED) is 0.868. The van der Waals surface area contributed by atoms with Crippen LogP contribution in [0.1, 0.15) is 24.3 Å². The van der Waals surface area contributed by atoms with Crippen LogP contribution >= 0.6 is 0 Å². The molecule has 4 nitrogen and oxygen atoms in total. The number of aromatic nitrogens is 1. The molecule has 0 aliphatic carbocycles. The lowest BCUT2D eigenvalue weighted by Gasteiger charge is -2.35. The topological polar surface area (TPSA) is 42.4 Å². The Bertz CT molecular complexity index is 653. The number of allylic oxidation sites excluding steroid dienone is 1. The summed E-state index contributed by atoms with van der Waals surface area (Å²) < 4.78 is 5.87. The summed E-state index contributed by atoms with van der Waals surface area (Å²) >= 11 is 0. The number of nitrogens with zero attached hydrogens (tertiary/aromatic N) is 2. The van der Waals surface area contributed by atoms with Gasteiger partial charge in [0.15, 0.2) is 0 Å². The van der Waals surface area contributed by atoms with E-state index in [1.165, 1.54) is 6.08 Å². The van der Waals surface area contributed by atoms with Crippen LogP contribution in [0.2, 0.25) is 0 Å². The standard InChI is InChI=1S/C17H16N2O2/c1-13-11-16(20)19(12-14-5-3-2-4-6-14)17(21-13)15-7-9-18-10-8-15/h2-11,17H,12H2,1H3. The van der Waals surface area contributed by atoms with Gasteiger partial charge in [-0.25, -0.2) is 0 Å². The summed E-state index contributed by atoms with van der Waals surface area (Å²) in [6, 6.07) is 13.6. The summed E-state index contributed by atoms with van der Waals surface area (Å²) in [5, 5.41) is 0. The Labute approximate surface area is 123 Å². The Morgan fingerprint density at radius 2 is 1.86 bits per heavy atom. The van der Waals surface area contributed by atoms with Gasteiger partial charge in [0.1, 0.15) is 5.76 Å². The van der Waals surface area contributed by atoms with Crippen LogP contribution in [0, 0.1) is 0 Å². The molecule has 0 spiro atoms. The first kappa shape index (κ1) is 13.4. The van der Waals surface area contributed by atoms with Crippen LogP contribution in [0.25, 0.3) is 0 Å². The average Bonchev–Trinajstić information content (AvgIpc) is 2.51. The molecule has 1 unspecified atom stereocenters. The zero-order valence-electron chi connectivity index (χ0n) is 11.8. The average molecular weight is 280 g/mol. The van der Waals surface area contributed by atoms with Crippen LogP contribution in [-0.4, -0.2) is 15.8 Å². The number of benzene rings is 1. The van der Waals surface area contributed by atoms with Crippen molar-refractivity contribution in [3.63, 3.8) is 0 Å². The summed E-state index contributed by atoms with van der Waals surface area (Å²) in [6.45, 7) is 2.31. The van der Waals surface area contributed by atoms with E-state index in [2.05, 4.69) is 4.98 Å². The van der Waals surface area contributed by atoms with E-state index in [-0.39, 0.29) is 5.91 Å². The van der Waals surface area contributed by atoms with E-state index in [9.17, 15) is 4.79 Å². The minimum atomic E-state index is -0.411. The summed E-state index contributed by atoms with van der Waals surface area (Å²) in [7, 11) is 0. The number of amides is 1. The normalized spacial score (nSPS) is 18.1. The minimum Gasteiger partial charge on any atom is -0.471 e. The van der Waals surface area contributed by atoms with Crippen LogP contribution in [0.15, 0.2) is 66.7 Å². The van der Waals surface area contributed by atoms with E-state index in [1.54, 1.807) is 24.2 Å². The molecule has 1 amide bonds. The van der Waals surface area contributed by atoms with Crippen LogP contribution in [0.5, 0.6) is 0 Å². The van der Waals surface area contributed by atoms with Crippen molar-refractivity contribution in [2.24, 2.45) is 0 Å². The van der Waals surface area contributed by atoms with Crippen molar-refractivity contribution in [1.82, 2.24) is 9.88 Å². The van der Waals surface area contributed by atoms with Crippen LogP contribution < -0.4 is 0 Å². The molecule has 2 aromatic rings. The zero-order chi connectivity index (χ0) is 14.7. The van der Waals surface area contributed by atoms with Crippen molar-refractivity contribution in [3.05, 3.63) is 77.8 Å². The van der Waals surface area contributed by atoms with Gasteiger partial charge < -0.3 is 4.74 Å². The molecular formula is C17H16N2O2. The van der Waals surface area contributed by atoms with Gasteiger partial charge in [0.25, 0.3) is 5.91 Å². The maximum atomic E-state index is 12.3. The third kappa shape index (κ3) is 2.94. The highest BCUT2D eigenvalue weighted by Crippen LogP contribution is 2.30. The zero-order valence-corrected chi connectivity index (χ0v) is 11.8. The van der Waals surface area contributed by atoms with Crippen molar-refractivity contribution in [3.8, 4) is 0 Å². The van der Waals surface area contributed by atoms with E-state index in [4.69, 9.17) is 4.74 Å². The third-order valence-corrected chi connectivity index (χ3v) is 3.38. The van der Waals surface area contributed by atoms with Crippen molar-refractivity contribution >= 4 is 5.91 Å². The lowest BCUT2D eigenvalue weighted by molar-refractivity contribution is -0.143. The van der Waals surface area contributed by atoms with Crippen molar-refractivity contribution < 1.29 is 9.53 Å². The summed E-state index contributed by atoms with van der Waals surface area (Å²) in [5.41, 5.74) is 1.99. The SMILES string of the molecule is CC1=CC(=O)N(Cc2ccccc2)C(c2ccncc2)O1. The fourth-order valence-corrected chi connectivity index (χ4v) is 2.36. The molecule has 0 radical (unpaired) electrons. The van der Waals surface area contributed by atoms with Crippen molar-refractivity contribution in [2.75, 3.05) is 0 Å². The fraction of sp³-hybridized carbons (Fsp3) is 0.176. The van der Waals surface area contributed by atoms with Gasteiger partial charge in [-0.1, -0.05) is 30.3 Å². The molecule has 1 atom stereocenters. The van der Waals surface area contributed by atoms with Crippen LogP contribution in [0.3, 0.4) is 0 Å². The second-order valence-electron chi connectivity index (χ2n) is 4.96. The number of rotatable bonds is 3. The smallest absolute Gasteiger partial charge is 0.253 e. The van der Waals surface area contributed by atoms with Gasteiger partial charge in [-0.3, -0.25) is 14.7 Å². The fourth-order valence-electron chi connectivity index (χ4n) is 2.36. The van der Waals surface area contributed by atoms with Gasteiger partial charge in [0.05, 0.1) is 0 Å². The predicted molar refractivity (Wildman–Crippen MR) is 78.8 cm³/mol. The van der Waals surface area contributed by atoms with E-state index in [0.29, 0.717) is 12.3 Å². The highest BCUT2D eigenvalue weighted by atomic mass is 16.5. The Balaban J connectivity index is 1.92. The molecule has 4 heteroatoms. The molecule has 21 heavy (non-hydrogen) atoms. The van der Waals surface area contributed by atoms with Gasteiger partial charge in [0, 0.05) is 30.6 Å². The van der Waals surface area contributed by atoms with Crippen LogP contribution in [-0.2, 0) is 16.1 Å². The first-order valence-corrected chi connectivity index (χ1v) is 6.83. The molecule has 0 saturated carbocycles. The van der Waals surface area contributed by atoms with Gasteiger partial charge in [-0.05, 0) is 24.6 Å². The first-order valence-electron chi connectivity index (χ1n) is 6.83. The van der Waals surface area contributed by atoms with Gasteiger partial charge in [-0.15, -0.1) is 0 Å². The second kappa shape index (κ2) is 5.79. The molecule has 2 heterocycles. The molecule has 0 fully saturated rings. The molecular weight excluding hydrogens is 264 g/mol. The molecule has 1 aliphatic rings. The second-order valence-corrected chi connectivity index (χ2v) is 4.96. The Morgan fingerprint density at radius 1 is 1.14 bits per heavy atom. The van der Waals surface area contributed by atoms with E-state index in [0.717, 1.165) is 11.1 Å². The molecule has 1 aromatic carbocycles. The predicted octanol–water partition coefficient (Wildman–Crippen LogP) is 3.04. The lowest BCUT2D eigenvalue weighted by atomic mass is 10.1. The number of pyridine rings is 1. The molecule has 1 aromatic heterocycles. The summed E-state index contributed by atoms with van der Waals surface area (Å²) in [4.78, 5) is 18.1. The first-order chi connectivity index (χ1) is 10.2. The van der Waals surface area contributed by atoms with Gasteiger partial charge in [0.2, 0.25) is 6.23 Å². The maximum Gasteiger partial charge on any atom is 0.253 e. The monoisotopic (exact) mass is 280 g/mol. The molecule has 106 valence electrons. The Morgan fingerprint density at radius 3 is 2.57 bits per heavy atom. The minimum absolute atomic E-state index is 0.0376. The van der Waals surface area contributed by atoms with E-state index in [1.807, 2.05) is 42.5 Å². The largest absolute Gasteiger partial charge is 0.471 e. The summed E-state index contributed by atoms with van der Waals surface area (Å²) in [6.07, 6.45) is 4.53. The Hall–Kier alpha value is -2.62. The molecule has 0 N–H and O–H groups in total. The van der Waals surface area contributed by atoms with E-state index < -0.39 is 6.23 Å². The van der Waals surface area contributed by atoms with Gasteiger partial charge in [-0.2, -0.15) is 0 Å². The lowest BCUT2D eigenvalue weighted by Crippen LogP contribution is -2.37. The van der Waals surface area contributed by atoms with Crippen LogP contribution in [0.4, 0.5) is 0 Å². The van der Waals surface area contributed by atoms with E-state index >= 15 is 0 Å². The Kier molecular flexibility index (Phi) is 3.69. The van der Waals surface area contributed by atoms with Crippen molar-refractivity contribution in [1.29, 1.82) is 0 Å². The molecule has 0 bridgehead atoms. The third-order valence-electron chi connectivity index (χ3n) is 3.38. The molecule has 0 saturated heterocycles. The van der Waals surface area contributed by atoms with Gasteiger partial charge >= 0.3 is 0 Å². The number of ether oxygens (including phenoxy) is 1. The highest BCUT2D eigenvalue weighted by molar-refractivity contribution is 5.88. The molecule has 3 rings (SSSR count). The number of hydrogen-bond donors (Lipinski definition) is 0. The van der Waals surface area contributed by atoms with Crippen molar-refractivity contribution in [2.45, 2.75) is 19.7 Å². The number of hydrogen-bond acceptors (Lipinski definition) is 3. The number of carbonyl (C=O) groups excluding carboxylic acids is 1. The highest BCUT2D eigenvalue weighted by Gasteiger charge is 2.29. The summed E-state index contributed by atoms with van der Waals surface area (Å²) in [5.74, 6) is 0.593. The maximum absolute atomic E-state index is 12.3. The number of carbonyl (C=O) groups is 1. The molecule has 1 aliphatic heterocycles.